The van der Waals surface area contributed by atoms with Gasteiger partial charge < -0.3 is 10.1 Å². The van der Waals surface area contributed by atoms with Gasteiger partial charge >= 0.3 is 5.84 Å². The molecule has 0 saturated heterocycles. The number of nitro groups is 2. The average Bonchev–Trinajstić information content (AvgIpc) is 3.05. The van der Waals surface area contributed by atoms with Crippen LogP contribution in [0.1, 0.15) is 20.8 Å². The number of nitrogens with zero attached hydrogens (tertiary/aromatic N) is 4. The summed E-state index contributed by atoms with van der Waals surface area (Å²) in [4.78, 5) is 22.8. The number of rotatable bonds is 2. The van der Waals surface area contributed by atoms with E-state index in [0.717, 1.165) is 4.91 Å². The molecule has 0 fully saturated rings. The molecule has 0 saturated carbocycles. The standard InChI is InChI=1S/C14H14N4O4S2/c1-14(2,3)12-8-11-13(18(21)22)15-16(24(11)23-12)9-4-6-10(7-5-9)17(19)20/h4-8H,1-3H3. The normalized spacial score (nSPS) is 19.9. The molecule has 2 aliphatic heterocycles. The number of anilines is 1. The molecule has 0 N–H and O–H groups in total. The molecule has 10 heteroatoms. The Kier molecular flexibility index (Phi) is 3.96. The van der Waals surface area contributed by atoms with Gasteiger partial charge in [-0.1, -0.05) is 20.8 Å². The van der Waals surface area contributed by atoms with Crippen molar-refractivity contribution in [2.45, 2.75) is 20.8 Å². The van der Waals surface area contributed by atoms with Gasteiger partial charge in [0.1, 0.15) is 4.86 Å². The lowest BCUT2D eigenvalue weighted by Crippen LogP contribution is -2.19. The maximum absolute atomic E-state index is 11.3. The second kappa shape index (κ2) is 5.71. The SMILES string of the molecule is CC(C)(C)C1=CC2=S(S1)N(c1ccc([N+](=O)[O-])cc1)N=C2[N+](=O)[O-]. The Balaban J connectivity index is 1.99. The summed E-state index contributed by atoms with van der Waals surface area (Å²) in [5.41, 5.74) is 0.448. The summed E-state index contributed by atoms with van der Waals surface area (Å²) in [6.07, 6.45) is 1.85. The molecule has 0 aliphatic carbocycles. The van der Waals surface area contributed by atoms with E-state index in [-0.39, 0.29) is 16.9 Å². The van der Waals surface area contributed by atoms with E-state index in [4.69, 9.17) is 0 Å². The maximum atomic E-state index is 11.3. The molecule has 8 nitrogen and oxygen atoms in total. The van der Waals surface area contributed by atoms with Crippen molar-refractivity contribution in [3.05, 3.63) is 55.5 Å². The first kappa shape index (κ1) is 16.7. The number of hydrazone groups is 1. The first-order valence-corrected chi connectivity index (χ1v) is 9.50. The third-order valence-corrected chi connectivity index (χ3v) is 7.70. The molecule has 1 atom stereocenters. The third-order valence-electron chi connectivity index (χ3n) is 3.38. The first-order chi connectivity index (χ1) is 11.2. The van der Waals surface area contributed by atoms with Gasteiger partial charge in [0.05, 0.1) is 15.7 Å². The monoisotopic (exact) mass is 366 g/mol. The lowest BCUT2D eigenvalue weighted by atomic mass is 9.95. The van der Waals surface area contributed by atoms with E-state index in [0.29, 0.717) is 10.6 Å². The molecular formula is C14H14N4O4S2. The number of hydrogen-bond donors (Lipinski definition) is 0. The molecule has 2 heterocycles. The molecule has 1 aromatic rings. The molecule has 1 unspecified atom stereocenters. The summed E-state index contributed by atoms with van der Waals surface area (Å²) in [5.74, 6) is -0.163. The molecule has 0 spiro atoms. The van der Waals surface area contributed by atoms with E-state index in [2.05, 4.69) is 25.9 Å². The molecule has 0 bridgehead atoms. The average molecular weight is 366 g/mol. The Morgan fingerprint density at radius 3 is 2.25 bits per heavy atom. The highest BCUT2D eigenvalue weighted by molar-refractivity contribution is 8.86. The van der Waals surface area contributed by atoms with Gasteiger partial charge in [-0.25, -0.2) is 0 Å². The van der Waals surface area contributed by atoms with E-state index in [1.807, 2.05) is 6.08 Å². The molecule has 126 valence electrons. The van der Waals surface area contributed by atoms with E-state index in [1.54, 1.807) is 27.3 Å². The van der Waals surface area contributed by atoms with Crippen LogP contribution in [0.3, 0.4) is 0 Å². The molecule has 24 heavy (non-hydrogen) atoms. The predicted octanol–water partition coefficient (Wildman–Crippen LogP) is 3.95. The van der Waals surface area contributed by atoms with Gasteiger partial charge in [-0.2, -0.15) is 0 Å². The minimum absolute atomic E-state index is 0.0310. The zero-order chi connectivity index (χ0) is 17.6. The number of hydrogen-bond acceptors (Lipinski definition) is 7. The van der Waals surface area contributed by atoms with E-state index < -0.39 is 19.5 Å². The fraction of sp³-hybridized carbons (Fsp3) is 0.286. The molecule has 0 amide bonds. The lowest BCUT2D eigenvalue weighted by molar-refractivity contribution is -0.384. The van der Waals surface area contributed by atoms with E-state index >= 15 is 0 Å². The minimum Gasteiger partial charge on any atom is -0.358 e. The van der Waals surface area contributed by atoms with Crippen molar-refractivity contribution in [2.75, 3.05) is 4.41 Å². The van der Waals surface area contributed by atoms with Gasteiger partial charge in [0.25, 0.3) is 5.69 Å². The quantitative estimate of drug-likeness (QED) is 0.340. The Morgan fingerprint density at radius 1 is 1.12 bits per heavy atom. The Bertz CT molecular complexity index is 837. The summed E-state index contributed by atoms with van der Waals surface area (Å²) in [6.45, 7) is 6.16. The fourth-order valence-electron chi connectivity index (χ4n) is 2.09. The van der Waals surface area contributed by atoms with Gasteiger partial charge in [-0.05, 0) is 39.3 Å². The summed E-state index contributed by atoms with van der Waals surface area (Å²) in [5, 5.41) is 26.2. The number of amidine groups is 1. The van der Waals surface area contributed by atoms with Crippen LogP contribution in [-0.2, 0) is 0 Å². The van der Waals surface area contributed by atoms with Crippen molar-refractivity contribution >= 4 is 42.6 Å². The Morgan fingerprint density at radius 2 is 1.75 bits per heavy atom. The van der Waals surface area contributed by atoms with Gasteiger partial charge in [-0.3, -0.25) is 10.1 Å². The number of benzene rings is 1. The molecule has 3 rings (SSSR count). The van der Waals surface area contributed by atoms with Crippen molar-refractivity contribution in [1.82, 2.24) is 0 Å². The third kappa shape index (κ3) is 2.82. The molecule has 1 aromatic carbocycles. The predicted molar refractivity (Wildman–Crippen MR) is 97.7 cm³/mol. The number of non-ortho nitro benzene ring substituents is 1. The van der Waals surface area contributed by atoms with Crippen molar-refractivity contribution < 1.29 is 9.85 Å². The van der Waals surface area contributed by atoms with Crippen LogP contribution in [-0.4, -0.2) is 20.5 Å². The summed E-state index contributed by atoms with van der Waals surface area (Å²) < 4.78 is 1.58. The van der Waals surface area contributed by atoms with Gasteiger partial charge in [0.15, 0.2) is 0 Å². The Hall–Kier alpha value is -2.20. The topological polar surface area (TPSA) is 102 Å². The van der Waals surface area contributed by atoms with Crippen LogP contribution in [0.5, 0.6) is 0 Å². The first-order valence-electron chi connectivity index (χ1n) is 6.98. The van der Waals surface area contributed by atoms with Gasteiger partial charge in [-0.15, -0.1) is 4.41 Å². The van der Waals surface area contributed by atoms with Crippen molar-refractivity contribution in [3.8, 4) is 0 Å². The zero-order valence-corrected chi connectivity index (χ0v) is 14.8. The van der Waals surface area contributed by atoms with Crippen LogP contribution >= 0.6 is 20.5 Å². The van der Waals surface area contributed by atoms with Gasteiger partial charge in [0.2, 0.25) is 0 Å². The highest BCUT2D eigenvalue weighted by Gasteiger charge is 2.42. The van der Waals surface area contributed by atoms with Crippen molar-refractivity contribution in [1.29, 1.82) is 0 Å². The smallest absolute Gasteiger partial charge is 0.358 e. The van der Waals surface area contributed by atoms with E-state index in [1.165, 1.54) is 12.1 Å². The van der Waals surface area contributed by atoms with Crippen molar-refractivity contribution in [2.24, 2.45) is 10.5 Å². The van der Waals surface area contributed by atoms with Crippen LogP contribution in [0, 0.1) is 25.6 Å². The van der Waals surface area contributed by atoms with Crippen LogP contribution in [0.25, 0.3) is 0 Å². The summed E-state index contributed by atoms with van der Waals surface area (Å²) >= 11 is 0. The summed E-state index contributed by atoms with van der Waals surface area (Å²) in [7, 11) is 0.905. The van der Waals surface area contributed by atoms with Crippen LogP contribution < -0.4 is 4.41 Å². The van der Waals surface area contributed by atoms with Crippen molar-refractivity contribution in [3.63, 3.8) is 0 Å². The fourth-order valence-corrected chi connectivity index (χ4v) is 6.66. The molecule has 2 aliphatic rings. The van der Waals surface area contributed by atoms with Gasteiger partial charge in [0, 0.05) is 26.7 Å². The minimum atomic E-state index is -0.642. The number of nitro benzene ring substituents is 1. The maximum Gasteiger partial charge on any atom is 0.404 e. The second-order valence-corrected chi connectivity index (χ2v) is 9.52. The largest absolute Gasteiger partial charge is 0.404 e. The second-order valence-electron chi connectivity index (χ2n) is 6.18. The zero-order valence-electron chi connectivity index (χ0n) is 13.1. The van der Waals surface area contributed by atoms with Crippen LogP contribution in [0.4, 0.5) is 11.4 Å². The van der Waals surface area contributed by atoms with E-state index in [9.17, 15) is 20.2 Å². The molecule has 0 radical (unpaired) electrons. The highest BCUT2D eigenvalue weighted by Crippen LogP contribution is 2.55. The lowest BCUT2D eigenvalue weighted by Gasteiger charge is -2.21. The molecular weight excluding hydrogens is 352 g/mol. The summed E-state index contributed by atoms with van der Waals surface area (Å²) in [6, 6.07) is 5.86. The van der Waals surface area contributed by atoms with Crippen LogP contribution in [0.2, 0.25) is 0 Å². The van der Waals surface area contributed by atoms with Crippen LogP contribution in [0.15, 0.2) is 40.3 Å². The Labute approximate surface area is 144 Å². The molecule has 0 aromatic heterocycles. The number of allylic oxidation sites excluding steroid dienone is 1. The highest BCUT2D eigenvalue weighted by atomic mass is 33.1.